The van der Waals surface area contributed by atoms with Gasteiger partial charge in [-0.05, 0) is 43.9 Å². The van der Waals surface area contributed by atoms with Crippen molar-refractivity contribution < 1.29 is 28.8 Å². The van der Waals surface area contributed by atoms with Crippen LogP contribution in [0.3, 0.4) is 0 Å². The summed E-state index contributed by atoms with van der Waals surface area (Å²) in [4.78, 5) is 76.9. The molecule has 0 spiro atoms. The molecule has 2 aromatic rings. The molecule has 5 amide bonds. The molecule has 204 valence electrons. The lowest BCUT2D eigenvalue weighted by Gasteiger charge is -2.23. The van der Waals surface area contributed by atoms with Gasteiger partial charge in [-0.1, -0.05) is 18.2 Å². The third-order valence-electron chi connectivity index (χ3n) is 6.64. The summed E-state index contributed by atoms with van der Waals surface area (Å²) in [6.07, 6.45) is 5.48. The third-order valence-corrected chi connectivity index (χ3v) is 6.64. The van der Waals surface area contributed by atoms with E-state index in [9.17, 15) is 28.8 Å². The van der Waals surface area contributed by atoms with E-state index in [0.29, 0.717) is 25.8 Å². The number of benzene rings is 1. The van der Waals surface area contributed by atoms with E-state index in [1.165, 1.54) is 6.08 Å². The average Bonchev–Trinajstić information content (AvgIpc) is 3.56. The van der Waals surface area contributed by atoms with Gasteiger partial charge in [0.1, 0.15) is 0 Å². The minimum Gasteiger partial charge on any atom is -0.361 e. The molecule has 12 heteroatoms. The first-order chi connectivity index (χ1) is 18.7. The maximum absolute atomic E-state index is 13.6. The Morgan fingerprint density at radius 2 is 1.59 bits per heavy atom. The minimum absolute atomic E-state index is 0.0420. The lowest BCUT2D eigenvalue weighted by atomic mass is 9.98. The molecule has 0 unspecified atom stereocenters. The Morgan fingerprint density at radius 1 is 0.897 bits per heavy atom. The van der Waals surface area contributed by atoms with E-state index in [4.69, 9.17) is 5.73 Å². The largest absolute Gasteiger partial charge is 0.361 e. The Morgan fingerprint density at radius 3 is 2.26 bits per heavy atom. The van der Waals surface area contributed by atoms with Crippen LogP contribution in [0.1, 0.15) is 31.2 Å². The quantitative estimate of drug-likeness (QED) is 0.137. The Bertz CT molecular complexity index is 1390. The minimum atomic E-state index is -0.920. The molecule has 0 saturated carbocycles. The van der Waals surface area contributed by atoms with Gasteiger partial charge in [-0.2, -0.15) is 0 Å². The van der Waals surface area contributed by atoms with Gasteiger partial charge in [0, 0.05) is 53.4 Å². The van der Waals surface area contributed by atoms with Crippen LogP contribution in [-0.2, 0) is 35.2 Å². The first-order valence-corrected chi connectivity index (χ1v) is 12.7. The summed E-state index contributed by atoms with van der Waals surface area (Å²) >= 11 is 0. The van der Waals surface area contributed by atoms with Crippen molar-refractivity contribution in [2.24, 2.45) is 5.73 Å². The molecule has 0 radical (unpaired) electrons. The summed E-state index contributed by atoms with van der Waals surface area (Å²) in [7, 11) is 0. The number of carbonyl (C=O) groups excluding carboxylic acids is 6. The molecule has 2 aliphatic heterocycles. The molecule has 0 saturated heterocycles. The van der Waals surface area contributed by atoms with Crippen molar-refractivity contribution in [2.75, 3.05) is 13.1 Å². The van der Waals surface area contributed by atoms with E-state index in [0.717, 1.165) is 22.5 Å². The molecule has 1 aromatic carbocycles. The molecule has 2 atom stereocenters. The summed E-state index contributed by atoms with van der Waals surface area (Å²) < 4.78 is 0. The first-order valence-electron chi connectivity index (χ1n) is 12.7. The second kappa shape index (κ2) is 12.4. The zero-order chi connectivity index (χ0) is 27.9. The number of para-hydroxylation sites is 1. The molecule has 0 fully saturated rings. The molecule has 0 bridgehead atoms. The van der Waals surface area contributed by atoms with Crippen molar-refractivity contribution in [1.29, 1.82) is 0 Å². The number of imide groups is 2. The van der Waals surface area contributed by atoms with Crippen molar-refractivity contribution >= 4 is 46.2 Å². The highest BCUT2D eigenvalue weighted by atomic mass is 16.2. The number of rotatable bonds is 14. The van der Waals surface area contributed by atoms with Crippen LogP contribution in [0.5, 0.6) is 0 Å². The van der Waals surface area contributed by atoms with Crippen molar-refractivity contribution in [3.63, 3.8) is 0 Å². The fourth-order valence-corrected chi connectivity index (χ4v) is 4.57. The number of amides is 5. The summed E-state index contributed by atoms with van der Waals surface area (Å²) in [6.45, 7) is 0.372. The van der Waals surface area contributed by atoms with E-state index in [-0.39, 0.29) is 30.5 Å². The summed E-state index contributed by atoms with van der Waals surface area (Å²) in [6, 6.07) is 5.81. The maximum Gasteiger partial charge on any atom is 0.255 e. The molecule has 3 heterocycles. The number of aromatic nitrogens is 1. The van der Waals surface area contributed by atoms with Gasteiger partial charge in [0.15, 0.2) is 5.78 Å². The molecular formula is C27H30N6O6. The monoisotopic (exact) mass is 534 g/mol. The highest BCUT2D eigenvalue weighted by molar-refractivity contribution is 6.18. The second-order valence-corrected chi connectivity index (χ2v) is 9.46. The number of hydrogen-bond donors (Lipinski definition) is 6. The predicted molar refractivity (Wildman–Crippen MR) is 141 cm³/mol. The number of nitrogens with one attached hydrogen (secondary N) is 5. The van der Waals surface area contributed by atoms with Crippen LogP contribution in [0, 0.1) is 0 Å². The predicted octanol–water partition coefficient (Wildman–Crippen LogP) is -0.593. The van der Waals surface area contributed by atoms with Crippen LogP contribution in [0.4, 0.5) is 0 Å². The Kier molecular flexibility index (Phi) is 8.79. The number of Topliss-reactive ketones (excluding diaryl/α,β-unsaturated/α-hetero) is 1. The van der Waals surface area contributed by atoms with E-state index in [2.05, 4.69) is 26.3 Å². The van der Waals surface area contributed by atoms with Crippen LogP contribution in [0.2, 0.25) is 0 Å². The van der Waals surface area contributed by atoms with Crippen molar-refractivity contribution in [2.45, 2.75) is 44.2 Å². The Balaban J connectivity index is 1.52. The lowest BCUT2D eigenvalue weighted by Crippen LogP contribution is -2.51. The highest BCUT2D eigenvalue weighted by Gasteiger charge is 2.30. The molecule has 0 aliphatic carbocycles. The number of aromatic amines is 1. The van der Waals surface area contributed by atoms with Crippen LogP contribution >= 0.6 is 0 Å². The smallest absolute Gasteiger partial charge is 0.255 e. The standard InChI is InChI=1S/C27H30N6O6/c28-8-4-3-7-20(22(34)10-15-11-23(35)32-25(15)37)31-27(39)21(30-14-17-12-24(36)33-26(17)38)9-16-13-29-19-6-2-1-5-18(16)19/h1-2,5-6,11-13,20-21,29-30H,3-4,7-10,14,28H2,(H,31,39)(H,32,35,37)(H,33,36,38)/t20-,21-/m0/s1. The summed E-state index contributed by atoms with van der Waals surface area (Å²) in [5.74, 6) is -3.17. The second-order valence-electron chi connectivity index (χ2n) is 9.46. The van der Waals surface area contributed by atoms with Gasteiger partial charge in [0.25, 0.3) is 23.6 Å². The average molecular weight is 535 g/mol. The topological polar surface area (TPSA) is 192 Å². The van der Waals surface area contributed by atoms with Gasteiger partial charge in [-0.25, -0.2) is 0 Å². The van der Waals surface area contributed by atoms with Gasteiger partial charge in [0.2, 0.25) is 5.91 Å². The van der Waals surface area contributed by atoms with Gasteiger partial charge in [-0.15, -0.1) is 0 Å². The SMILES string of the molecule is NCCCC[C@H](NC(=O)[C@H](Cc1c[nH]c2ccccc12)NCC1=CC(=O)NC1=O)C(=O)CC1=CC(=O)NC1=O. The van der Waals surface area contributed by atoms with Gasteiger partial charge in [-0.3, -0.25) is 39.4 Å². The number of ketones is 1. The van der Waals surface area contributed by atoms with Crippen LogP contribution in [0.15, 0.2) is 53.8 Å². The Labute approximate surface area is 223 Å². The third kappa shape index (κ3) is 6.92. The van der Waals surface area contributed by atoms with Crippen LogP contribution in [0.25, 0.3) is 10.9 Å². The fourth-order valence-electron chi connectivity index (χ4n) is 4.57. The van der Waals surface area contributed by atoms with Gasteiger partial charge >= 0.3 is 0 Å². The van der Waals surface area contributed by atoms with Crippen LogP contribution < -0.4 is 27.0 Å². The summed E-state index contributed by atoms with van der Waals surface area (Å²) in [5.41, 5.74) is 7.57. The number of fused-ring (bicyclic) bond motifs is 1. The van der Waals surface area contributed by atoms with Crippen molar-refractivity contribution in [3.8, 4) is 0 Å². The zero-order valence-corrected chi connectivity index (χ0v) is 21.2. The Hall–Kier alpha value is -4.42. The molecule has 4 rings (SSSR count). The highest BCUT2D eigenvalue weighted by Crippen LogP contribution is 2.20. The molecule has 1 aromatic heterocycles. The number of H-pyrrole nitrogens is 1. The molecule has 39 heavy (non-hydrogen) atoms. The van der Waals surface area contributed by atoms with E-state index >= 15 is 0 Å². The van der Waals surface area contributed by atoms with Crippen molar-refractivity contribution in [3.05, 3.63) is 59.3 Å². The van der Waals surface area contributed by atoms with Gasteiger partial charge < -0.3 is 21.4 Å². The molecule has 12 nitrogen and oxygen atoms in total. The number of unbranched alkanes of at least 4 members (excludes halogenated alkanes) is 1. The summed E-state index contributed by atoms with van der Waals surface area (Å²) in [5, 5.41) is 11.1. The number of carbonyl (C=O) groups is 6. The lowest BCUT2D eigenvalue weighted by molar-refractivity contribution is -0.129. The zero-order valence-electron chi connectivity index (χ0n) is 21.2. The molecule has 2 aliphatic rings. The number of hydrogen-bond acceptors (Lipinski definition) is 8. The van der Waals surface area contributed by atoms with E-state index < -0.39 is 47.4 Å². The normalized spacial score (nSPS) is 16.5. The number of nitrogens with two attached hydrogens (primary N) is 1. The molecule has 7 N–H and O–H groups in total. The van der Waals surface area contributed by atoms with E-state index in [1.807, 2.05) is 24.3 Å². The fraction of sp³-hybridized carbons (Fsp3) is 0.333. The van der Waals surface area contributed by atoms with Crippen LogP contribution in [-0.4, -0.2) is 65.5 Å². The first kappa shape index (κ1) is 27.6. The maximum atomic E-state index is 13.6. The van der Waals surface area contributed by atoms with Gasteiger partial charge in [0.05, 0.1) is 12.1 Å². The van der Waals surface area contributed by atoms with E-state index in [1.54, 1.807) is 6.20 Å². The van der Waals surface area contributed by atoms with Crippen molar-refractivity contribution in [1.82, 2.24) is 26.3 Å². The molecular weight excluding hydrogens is 504 g/mol.